The van der Waals surface area contributed by atoms with Crippen molar-refractivity contribution in [2.75, 3.05) is 33.3 Å². The minimum Gasteiger partial charge on any atom is -0.453 e. The van der Waals surface area contributed by atoms with Crippen LogP contribution in [-0.4, -0.2) is 60.4 Å². The van der Waals surface area contributed by atoms with E-state index >= 15 is 0 Å². The number of carbonyl (C=O) groups is 1. The predicted molar refractivity (Wildman–Crippen MR) is 94.5 cm³/mol. The van der Waals surface area contributed by atoms with Gasteiger partial charge in [-0.15, -0.1) is 0 Å². The minimum atomic E-state index is -0.298. The Balaban J connectivity index is 1.35. The fraction of sp³-hybridized carbons (Fsp3) is 0.579. The van der Waals surface area contributed by atoms with Crippen LogP contribution in [0.25, 0.3) is 11.0 Å². The molecule has 140 valence electrons. The molecule has 0 radical (unpaired) electrons. The number of likely N-dealkylation sites (tertiary alicyclic amines) is 2. The van der Waals surface area contributed by atoms with Gasteiger partial charge in [0.1, 0.15) is 5.82 Å². The zero-order chi connectivity index (χ0) is 18.1. The Bertz CT molecular complexity index is 777. The van der Waals surface area contributed by atoms with E-state index in [2.05, 4.69) is 10.1 Å². The summed E-state index contributed by atoms with van der Waals surface area (Å²) in [5, 5.41) is 5.15. The first-order valence-corrected chi connectivity index (χ1v) is 9.27. The first kappa shape index (κ1) is 17.3. The van der Waals surface area contributed by atoms with Crippen LogP contribution in [-0.2, 0) is 4.74 Å². The Kier molecular flexibility index (Phi) is 4.80. The summed E-state index contributed by atoms with van der Waals surface area (Å²) in [5.41, 5.74) is 1.48. The van der Waals surface area contributed by atoms with Crippen molar-refractivity contribution in [3.8, 4) is 0 Å². The zero-order valence-corrected chi connectivity index (χ0v) is 15.0. The molecule has 2 saturated heterocycles. The van der Waals surface area contributed by atoms with Crippen molar-refractivity contribution in [2.45, 2.75) is 37.6 Å². The Hall–Kier alpha value is -2.15. The normalized spacial score (nSPS) is 20.6. The van der Waals surface area contributed by atoms with Gasteiger partial charge in [0.25, 0.3) is 0 Å². The van der Waals surface area contributed by atoms with Crippen molar-refractivity contribution in [1.82, 2.24) is 15.0 Å². The Labute approximate surface area is 151 Å². The van der Waals surface area contributed by atoms with Crippen LogP contribution in [0.5, 0.6) is 0 Å². The lowest BCUT2D eigenvalue weighted by Gasteiger charge is -2.41. The molecule has 4 rings (SSSR count). The summed E-state index contributed by atoms with van der Waals surface area (Å²) in [7, 11) is 1.43. The quantitative estimate of drug-likeness (QED) is 0.821. The van der Waals surface area contributed by atoms with Crippen molar-refractivity contribution in [3.05, 3.63) is 29.7 Å². The molecule has 7 heteroatoms. The number of methoxy groups -OCH3 is 1. The number of hydrogen-bond acceptors (Lipinski definition) is 5. The summed E-state index contributed by atoms with van der Waals surface area (Å²) in [6.07, 6.45) is 3.81. The van der Waals surface area contributed by atoms with Gasteiger partial charge in [-0.25, -0.2) is 9.18 Å². The molecule has 1 aromatic carbocycles. The third-order valence-electron chi connectivity index (χ3n) is 5.79. The summed E-state index contributed by atoms with van der Waals surface area (Å²) in [6, 6.07) is 5.16. The van der Waals surface area contributed by atoms with Crippen molar-refractivity contribution in [2.24, 2.45) is 0 Å². The lowest BCUT2D eigenvalue weighted by molar-refractivity contribution is 0.0730. The SMILES string of the molecule is COC(=O)N1CCC(N2CCC(c3noc4cc(F)ccc34)CC2)CC1. The van der Waals surface area contributed by atoms with E-state index in [9.17, 15) is 9.18 Å². The molecule has 26 heavy (non-hydrogen) atoms. The number of amides is 1. The van der Waals surface area contributed by atoms with Crippen LogP contribution in [0.4, 0.5) is 9.18 Å². The number of carbonyl (C=O) groups excluding carboxylic acids is 1. The van der Waals surface area contributed by atoms with Crippen LogP contribution in [0.2, 0.25) is 0 Å². The summed E-state index contributed by atoms with van der Waals surface area (Å²) < 4.78 is 23.4. The van der Waals surface area contributed by atoms with Crippen LogP contribution >= 0.6 is 0 Å². The number of aromatic nitrogens is 1. The molecule has 0 spiro atoms. The molecule has 2 aliphatic rings. The number of piperidine rings is 2. The predicted octanol–water partition coefficient (Wildman–Crippen LogP) is 3.38. The highest BCUT2D eigenvalue weighted by Gasteiger charge is 2.31. The summed E-state index contributed by atoms with van der Waals surface area (Å²) in [4.78, 5) is 15.9. The molecule has 6 nitrogen and oxygen atoms in total. The van der Waals surface area contributed by atoms with Crippen LogP contribution in [0.15, 0.2) is 22.7 Å². The molecule has 1 amide bonds. The second-order valence-electron chi connectivity index (χ2n) is 7.21. The maximum absolute atomic E-state index is 13.3. The third kappa shape index (κ3) is 3.28. The van der Waals surface area contributed by atoms with Gasteiger partial charge in [-0.05, 0) is 50.9 Å². The van der Waals surface area contributed by atoms with E-state index in [1.807, 2.05) is 0 Å². The average molecular weight is 361 g/mol. The molecule has 0 N–H and O–H groups in total. The van der Waals surface area contributed by atoms with E-state index in [-0.39, 0.29) is 11.9 Å². The van der Waals surface area contributed by atoms with Crippen molar-refractivity contribution in [3.63, 3.8) is 0 Å². The van der Waals surface area contributed by atoms with E-state index in [0.29, 0.717) is 17.5 Å². The Morgan fingerprint density at radius 2 is 1.92 bits per heavy atom. The third-order valence-corrected chi connectivity index (χ3v) is 5.79. The maximum Gasteiger partial charge on any atom is 0.409 e. The number of rotatable bonds is 2. The molecule has 3 heterocycles. The van der Waals surface area contributed by atoms with Crippen molar-refractivity contribution >= 4 is 17.1 Å². The molecular weight excluding hydrogens is 337 g/mol. The number of benzene rings is 1. The highest BCUT2D eigenvalue weighted by molar-refractivity contribution is 5.79. The number of ether oxygens (including phenoxy) is 1. The van der Waals surface area contributed by atoms with E-state index in [1.165, 1.54) is 19.2 Å². The smallest absolute Gasteiger partial charge is 0.409 e. The van der Waals surface area contributed by atoms with Gasteiger partial charge in [-0.2, -0.15) is 0 Å². The Morgan fingerprint density at radius 3 is 2.62 bits per heavy atom. The summed E-state index contributed by atoms with van der Waals surface area (Å²) >= 11 is 0. The number of halogens is 1. The van der Waals surface area contributed by atoms with Crippen molar-refractivity contribution < 1.29 is 18.4 Å². The van der Waals surface area contributed by atoms with E-state index < -0.39 is 0 Å². The number of hydrogen-bond donors (Lipinski definition) is 0. The molecule has 0 saturated carbocycles. The van der Waals surface area contributed by atoms with Gasteiger partial charge >= 0.3 is 6.09 Å². The second kappa shape index (κ2) is 7.23. The highest BCUT2D eigenvalue weighted by atomic mass is 19.1. The van der Waals surface area contributed by atoms with E-state index in [4.69, 9.17) is 9.26 Å². The van der Waals surface area contributed by atoms with Gasteiger partial charge < -0.3 is 19.1 Å². The zero-order valence-electron chi connectivity index (χ0n) is 15.0. The first-order valence-electron chi connectivity index (χ1n) is 9.27. The maximum atomic E-state index is 13.3. The van der Waals surface area contributed by atoms with Gasteiger partial charge in [0.2, 0.25) is 0 Å². The molecule has 0 atom stereocenters. The molecular formula is C19H24FN3O3. The molecule has 2 aromatic rings. The Morgan fingerprint density at radius 1 is 1.19 bits per heavy atom. The average Bonchev–Trinajstić information content (AvgIpc) is 3.10. The topological polar surface area (TPSA) is 58.8 Å². The standard InChI is InChI=1S/C19H24FN3O3/c1-25-19(24)23-10-6-15(7-11-23)22-8-4-13(5-9-22)18-16-3-2-14(20)12-17(16)26-21-18/h2-3,12-13,15H,4-11H2,1H3. The molecule has 0 aliphatic carbocycles. The van der Waals surface area contributed by atoms with Gasteiger partial charge in [-0.1, -0.05) is 5.16 Å². The second-order valence-corrected chi connectivity index (χ2v) is 7.21. The van der Waals surface area contributed by atoms with Crippen molar-refractivity contribution in [1.29, 1.82) is 0 Å². The lowest BCUT2D eigenvalue weighted by atomic mass is 9.90. The van der Waals surface area contributed by atoms with Crippen LogP contribution in [0.1, 0.15) is 37.3 Å². The summed E-state index contributed by atoms with van der Waals surface area (Å²) in [5.74, 6) is 0.0569. The molecule has 0 unspecified atom stereocenters. The van der Waals surface area contributed by atoms with Gasteiger partial charge in [-0.3, -0.25) is 0 Å². The molecule has 2 fully saturated rings. The number of nitrogens with zero attached hydrogens (tertiary/aromatic N) is 3. The first-order chi connectivity index (χ1) is 12.7. The lowest BCUT2D eigenvalue weighted by Crippen LogP contribution is -2.48. The number of fused-ring (bicyclic) bond motifs is 1. The van der Waals surface area contributed by atoms with Crippen LogP contribution < -0.4 is 0 Å². The minimum absolute atomic E-state index is 0.225. The monoisotopic (exact) mass is 361 g/mol. The summed E-state index contributed by atoms with van der Waals surface area (Å²) in [6.45, 7) is 3.56. The molecule has 2 aliphatic heterocycles. The van der Waals surface area contributed by atoms with Crippen LogP contribution in [0, 0.1) is 5.82 Å². The van der Waals surface area contributed by atoms with Gasteiger partial charge in [0.15, 0.2) is 5.58 Å². The van der Waals surface area contributed by atoms with E-state index in [0.717, 1.165) is 62.9 Å². The largest absolute Gasteiger partial charge is 0.453 e. The fourth-order valence-electron chi connectivity index (χ4n) is 4.31. The molecule has 0 bridgehead atoms. The highest BCUT2D eigenvalue weighted by Crippen LogP contribution is 2.34. The molecule has 1 aromatic heterocycles. The fourth-order valence-corrected chi connectivity index (χ4v) is 4.31. The van der Waals surface area contributed by atoms with E-state index in [1.54, 1.807) is 11.0 Å². The van der Waals surface area contributed by atoms with Crippen LogP contribution in [0.3, 0.4) is 0 Å². The van der Waals surface area contributed by atoms with Gasteiger partial charge in [0.05, 0.1) is 12.8 Å². The van der Waals surface area contributed by atoms with Gasteiger partial charge in [0, 0.05) is 36.5 Å².